The van der Waals surface area contributed by atoms with Crippen molar-refractivity contribution in [2.45, 2.75) is 82.8 Å². The largest absolute Gasteiger partial charge is 0.394 e. The van der Waals surface area contributed by atoms with E-state index in [1.165, 1.54) is 37.8 Å². The Hall–Kier alpha value is -2.71. The van der Waals surface area contributed by atoms with Crippen LogP contribution in [0.2, 0.25) is 18.1 Å². The van der Waals surface area contributed by atoms with E-state index in [-0.39, 0.29) is 0 Å². The third kappa shape index (κ3) is 10.7. The zero-order valence-corrected chi connectivity index (χ0v) is 35.7. The zero-order valence-electron chi connectivity index (χ0n) is 32.7. The van der Waals surface area contributed by atoms with Gasteiger partial charge in [-0.1, -0.05) is 122 Å². The lowest BCUT2D eigenvalue weighted by Crippen LogP contribution is -2.52. The Morgan fingerprint density at radius 2 is 0.673 bits per heavy atom. The lowest BCUT2D eigenvalue weighted by atomic mass is 9.91. The smallest absolute Gasteiger partial charge is 0.371 e. The minimum atomic E-state index is -2.46. The van der Waals surface area contributed by atoms with Gasteiger partial charge in [0, 0.05) is 42.7 Å². The maximum Gasteiger partial charge on any atom is 0.371 e. The first-order valence-corrected chi connectivity index (χ1v) is 25.0. The highest BCUT2D eigenvalue weighted by molar-refractivity contribution is 6.82. The number of unbranched alkanes of at least 4 members (excludes halogenated alkanes) is 3. The SMILES string of the molecule is CO[Si](CCCCc1cc(CCCC[Si](OC)(OC)c2ccccc2)c(C)c(CCCC[Si](OC)(OC)c2ccccc2)c1)(OC)c1ccccc1. The molecule has 52 heavy (non-hydrogen) atoms. The van der Waals surface area contributed by atoms with E-state index in [2.05, 4.69) is 104 Å². The summed E-state index contributed by atoms with van der Waals surface area (Å²) in [6, 6.07) is 39.3. The van der Waals surface area contributed by atoms with Gasteiger partial charge in [0.25, 0.3) is 0 Å². The summed E-state index contributed by atoms with van der Waals surface area (Å²) in [6.45, 7) is 2.33. The average Bonchev–Trinajstić information content (AvgIpc) is 3.21. The fourth-order valence-corrected chi connectivity index (χ4v) is 15.9. The van der Waals surface area contributed by atoms with E-state index >= 15 is 0 Å². The summed E-state index contributed by atoms with van der Waals surface area (Å²) in [7, 11) is 3.44. The molecule has 0 saturated carbocycles. The van der Waals surface area contributed by atoms with E-state index < -0.39 is 25.7 Å². The Morgan fingerprint density at radius 1 is 0.385 bits per heavy atom. The van der Waals surface area contributed by atoms with Gasteiger partial charge in [0.05, 0.1) is 0 Å². The Kier molecular flexibility index (Phi) is 17.2. The van der Waals surface area contributed by atoms with E-state index in [4.69, 9.17) is 26.6 Å². The quantitative estimate of drug-likeness (QED) is 0.0536. The van der Waals surface area contributed by atoms with E-state index in [1.54, 1.807) is 42.7 Å². The van der Waals surface area contributed by atoms with Gasteiger partial charge in [0.1, 0.15) is 0 Å². The molecule has 0 heterocycles. The van der Waals surface area contributed by atoms with Crippen molar-refractivity contribution in [3.8, 4) is 0 Å². The topological polar surface area (TPSA) is 55.4 Å². The standard InChI is InChI=1S/C43H62O6Si3/c1-37-39(24-18-21-33-51(46-4,47-5)42-28-13-9-14-29-42)35-38(23-17-20-32-50(44-2,45-3)41-26-11-8-12-27-41)36-40(37)25-19-22-34-52(48-6,49-7)43-30-15-10-16-31-43/h8-16,26-31,35-36H,17-25,32-34H2,1-7H3. The second kappa shape index (κ2) is 21.2. The Bertz CT molecular complexity index is 1490. The van der Waals surface area contributed by atoms with Crippen LogP contribution >= 0.6 is 0 Å². The van der Waals surface area contributed by atoms with Gasteiger partial charge < -0.3 is 26.6 Å². The average molecular weight is 759 g/mol. The van der Waals surface area contributed by atoms with E-state index in [1.807, 2.05) is 6.07 Å². The molecule has 0 unspecified atom stereocenters. The van der Waals surface area contributed by atoms with E-state index in [9.17, 15) is 0 Å². The summed E-state index contributed by atoms with van der Waals surface area (Å²) in [5.41, 5.74) is 5.81. The molecule has 4 aromatic carbocycles. The lowest BCUT2D eigenvalue weighted by Gasteiger charge is -2.28. The van der Waals surface area contributed by atoms with Crippen LogP contribution in [0.15, 0.2) is 103 Å². The van der Waals surface area contributed by atoms with Gasteiger partial charge in [0.15, 0.2) is 0 Å². The molecule has 0 fully saturated rings. The van der Waals surface area contributed by atoms with E-state index in [0.717, 1.165) is 75.9 Å². The number of rotatable bonds is 24. The highest BCUT2D eigenvalue weighted by Crippen LogP contribution is 2.26. The molecule has 282 valence electrons. The highest BCUT2D eigenvalue weighted by Gasteiger charge is 2.39. The van der Waals surface area contributed by atoms with Crippen LogP contribution < -0.4 is 15.6 Å². The van der Waals surface area contributed by atoms with Crippen LogP contribution in [0.3, 0.4) is 0 Å². The monoisotopic (exact) mass is 758 g/mol. The zero-order chi connectivity index (χ0) is 37.3. The van der Waals surface area contributed by atoms with Crippen molar-refractivity contribution in [2.24, 2.45) is 0 Å². The van der Waals surface area contributed by atoms with Crippen molar-refractivity contribution in [1.82, 2.24) is 0 Å². The number of benzene rings is 4. The van der Waals surface area contributed by atoms with Crippen LogP contribution in [-0.2, 0) is 45.8 Å². The molecule has 4 aromatic rings. The summed E-state index contributed by atoms with van der Waals surface area (Å²) in [4.78, 5) is 0. The third-order valence-corrected chi connectivity index (χ3v) is 21.6. The van der Waals surface area contributed by atoms with Gasteiger partial charge in [-0.15, -0.1) is 0 Å². The molecule has 0 N–H and O–H groups in total. The molecule has 0 aromatic heterocycles. The molecule has 0 saturated heterocycles. The summed E-state index contributed by atoms with van der Waals surface area (Å²) in [6.07, 6.45) is 9.60. The molecule has 9 heteroatoms. The van der Waals surface area contributed by atoms with Gasteiger partial charge in [-0.25, -0.2) is 0 Å². The maximum absolute atomic E-state index is 6.12. The molecule has 0 atom stereocenters. The Balaban J connectivity index is 1.46. The van der Waals surface area contributed by atoms with Crippen LogP contribution in [-0.4, -0.2) is 68.3 Å². The Morgan fingerprint density at radius 3 is 0.962 bits per heavy atom. The minimum absolute atomic E-state index is 0.938. The van der Waals surface area contributed by atoms with E-state index in [0.29, 0.717) is 0 Å². The third-order valence-electron chi connectivity index (χ3n) is 10.9. The van der Waals surface area contributed by atoms with Crippen molar-refractivity contribution in [3.63, 3.8) is 0 Å². The Labute approximate surface area is 317 Å². The molecule has 0 aliphatic heterocycles. The fraction of sp³-hybridized carbons (Fsp3) is 0.442. The second-order valence-corrected chi connectivity index (χ2v) is 23.9. The van der Waals surface area contributed by atoms with Gasteiger partial charge in [-0.05, 0) is 101 Å². The van der Waals surface area contributed by atoms with Gasteiger partial charge in [-0.2, -0.15) is 0 Å². The molecular formula is C43H62O6Si3. The van der Waals surface area contributed by atoms with Crippen molar-refractivity contribution in [1.29, 1.82) is 0 Å². The predicted molar refractivity (Wildman–Crippen MR) is 222 cm³/mol. The molecule has 0 aliphatic rings. The van der Waals surface area contributed by atoms with Gasteiger partial charge >= 0.3 is 25.7 Å². The summed E-state index contributed by atoms with van der Waals surface area (Å²) >= 11 is 0. The van der Waals surface area contributed by atoms with Crippen LogP contribution in [0, 0.1) is 6.92 Å². The van der Waals surface area contributed by atoms with Crippen molar-refractivity contribution < 1.29 is 26.6 Å². The van der Waals surface area contributed by atoms with Crippen LogP contribution in [0.5, 0.6) is 0 Å². The van der Waals surface area contributed by atoms with Gasteiger partial charge in [0.2, 0.25) is 0 Å². The maximum atomic E-state index is 6.12. The fourth-order valence-electron chi connectivity index (χ4n) is 7.69. The van der Waals surface area contributed by atoms with Gasteiger partial charge in [-0.3, -0.25) is 0 Å². The minimum Gasteiger partial charge on any atom is -0.394 e. The molecule has 6 nitrogen and oxygen atoms in total. The second-order valence-electron chi connectivity index (χ2n) is 13.7. The van der Waals surface area contributed by atoms with Crippen molar-refractivity contribution >= 4 is 41.2 Å². The molecule has 4 rings (SSSR count). The summed E-state index contributed by atoms with van der Waals surface area (Å²) in [5.74, 6) is 0. The number of aryl methyl sites for hydroxylation is 3. The predicted octanol–water partition coefficient (Wildman–Crippen LogP) is 7.89. The van der Waals surface area contributed by atoms with Crippen LogP contribution in [0.4, 0.5) is 0 Å². The van der Waals surface area contributed by atoms with Crippen LogP contribution in [0.1, 0.15) is 60.8 Å². The lowest BCUT2D eigenvalue weighted by molar-refractivity contribution is 0.255. The molecule has 0 spiro atoms. The first-order chi connectivity index (χ1) is 25.3. The van der Waals surface area contributed by atoms with Crippen molar-refractivity contribution in [2.75, 3.05) is 42.7 Å². The normalized spacial score (nSPS) is 12.4. The molecule has 0 aliphatic carbocycles. The summed E-state index contributed by atoms with van der Waals surface area (Å²) in [5, 5.41) is 3.59. The molecule has 0 amide bonds. The molecule has 0 radical (unpaired) electrons. The number of hydrogen-bond acceptors (Lipinski definition) is 6. The number of hydrogen-bond donors (Lipinski definition) is 0. The molecule has 0 bridgehead atoms. The van der Waals surface area contributed by atoms with Crippen LogP contribution in [0.25, 0.3) is 0 Å². The highest BCUT2D eigenvalue weighted by atomic mass is 28.4. The first-order valence-electron chi connectivity index (χ1n) is 18.9. The summed E-state index contributed by atoms with van der Waals surface area (Å²) < 4.78 is 36.7. The molecular weight excluding hydrogens is 697 g/mol. The first kappa shape index (κ1) is 42.0. The van der Waals surface area contributed by atoms with Crippen molar-refractivity contribution in [3.05, 3.63) is 125 Å².